The predicted octanol–water partition coefficient (Wildman–Crippen LogP) is 9.59. The summed E-state index contributed by atoms with van der Waals surface area (Å²) in [5.41, 5.74) is 11.5. The summed E-state index contributed by atoms with van der Waals surface area (Å²) < 4.78 is 6.12. The van der Waals surface area contributed by atoms with Gasteiger partial charge in [0.15, 0.2) is 0 Å². The SMILES string of the molecule is Cc1[c-]c(-c2cc(C)ccn2)c2oc3ccc(C)cc3c2c1.[Ir].[c-]1ccc(-c2ccccc2)cc1-c1ccccn1. The van der Waals surface area contributed by atoms with Crippen LogP contribution in [0.4, 0.5) is 0 Å². The summed E-state index contributed by atoms with van der Waals surface area (Å²) in [6, 6.07) is 41.5. The normalized spacial score (nSPS) is 10.6. The molecule has 0 saturated heterocycles. The van der Waals surface area contributed by atoms with Gasteiger partial charge in [-0.1, -0.05) is 83.6 Å². The van der Waals surface area contributed by atoms with Gasteiger partial charge in [-0.15, -0.1) is 53.1 Å². The Morgan fingerprint density at radius 3 is 2.20 bits per heavy atom. The summed E-state index contributed by atoms with van der Waals surface area (Å²) >= 11 is 0. The fourth-order valence-electron chi connectivity index (χ4n) is 4.87. The van der Waals surface area contributed by atoms with E-state index >= 15 is 0 Å². The van der Waals surface area contributed by atoms with E-state index in [1.165, 1.54) is 22.3 Å². The second kappa shape index (κ2) is 12.4. The van der Waals surface area contributed by atoms with Crippen molar-refractivity contribution in [1.29, 1.82) is 0 Å². The molecule has 3 nitrogen and oxygen atoms in total. The minimum absolute atomic E-state index is 0. The van der Waals surface area contributed by atoms with Crippen molar-refractivity contribution >= 4 is 21.9 Å². The summed E-state index contributed by atoms with van der Waals surface area (Å²) in [6.45, 7) is 6.23. The first-order valence-corrected chi connectivity index (χ1v) is 13.3. The summed E-state index contributed by atoms with van der Waals surface area (Å²) in [6.07, 6.45) is 3.64. The summed E-state index contributed by atoms with van der Waals surface area (Å²) in [7, 11) is 0. The maximum absolute atomic E-state index is 6.12. The zero-order valence-corrected chi connectivity index (χ0v) is 25.5. The number of hydrogen-bond acceptors (Lipinski definition) is 3. The molecule has 0 bridgehead atoms. The topological polar surface area (TPSA) is 38.9 Å². The van der Waals surface area contributed by atoms with E-state index in [1.54, 1.807) is 6.20 Å². The molecule has 7 aromatic rings. The molecule has 7 rings (SSSR count). The van der Waals surface area contributed by atoms with Crippen LogP contribution in [0.5, 0.6) is 0 Å². The molecule has 0 aliphatic heterocycles. The number of aromatic nitrogens is 2. The number of fused-ring (bicyclic) bond motifs is 3. The Labute approximate surface area is 254 Å². The molecule has 0 fully saturated rings. The molecule has 0 saturated carbocycles. The van der Waals surface area contributed by atoms with Crippen LogP contribution in [-0.4, -0.2) is 9.97 Å². The van der Waals surface area contributed by atoms with Gasteiger partial charge in [0.1, 0.15) is 5.58 Å². The third-order valence-corrected chi connectivity index (χ3v) is 6.81. The van der Waals surface area contributed by atoms with E-state index in [2.05, 4.69) is 91.4 Å². The van der Waals surface area contributed by atoms with Crippen LogP contribution in [0.15, 0.2) is 120 Å². The smallest absolute Gasteiger partial charge is 0.120 e. The minimum Gasteiger partial charge on any atom is -0.501 e. The van der Waals surface area contributed by atoms with Gasteiger partial charge >= 0.3 is 0 Å². The second-order valence-electron chi connectivity index (χ2n) is 9.96. The molecule has 1 radical (unpaired) electrons. The fraction of sp³-hybridized carbons (Fsp3) is 0.0811. The van der Waals surface area contributed by atoms with Gasteiger partial charge in [0.25, 0.3) is 0 Å². The third kappa shape index (κ3) is 6.20. The van der Waals surface area contributed by atoms with Crippen LogP contribution < -0.4 is 0 Å². The van der Waals surface area contributed by atoms with Crippen molar-refractivity contribution in [2.75, 3.05) is 0 Å². The molecule has 0 aliphatic rings. The van der Waals surface area contributed by atoms with E-state index in [1.807, 2.05) is 60.8 Å². The molecule has 0 N–H and O–H groups in total. The van der Waals surface area contributed by atoms with Crippen LogP contribution in [0.25, 0.3) is 55.6 Å². The van der Waals surface area contributed by atoms with Crippen molar-refractivity contribution in [2.24, 2.45) is 0 Å². The van der Waals surface area contributed by atoms with Crippen molar-refractivity contribution in [3.63, 3.8) is 0 Å². The van der Waals surface area contributed by atoms with Gasteiger partial charge < -0.3 is 14.4 Å². The summed E-state index contributed by atoms with van der Waals surface area (Å²) in [5, 5.41) is 2.29. The van der Waals surface area contributed by atoms with Gasteiger partial charge in [0.2, 0.25) is 0 Å². The van der Waals surface area contributed by atoms with Crippen molar-refractivity contribution in [3.05, 3.63) is 144 Å². The summed E-state index contributed by atoms with van der Waals surface area (Å²) in [4.78, 5) is 8.85. The molecule has 3 heterocycles. The first-order chi connectivity index (χ1) is 19.5. The number of nitrogens with zero attached hydrogens (tertiary/aromatic N) is 2. The van der Waals surface area contributed by atoms with Crippen LogP contribution in [0.2, 0.25) is 0 Å². The molecular weight excluding hydrogens is 681 g/mol. The Morgan fingerprint density at radius 1 is 0.634 bits per heavy atom. The number of pyridine rings is 2. The molecule has 4 heteroatoms. The number of rotatable bonds is 3. The first kappa shape index (κ1) is 28.2. The standard InChI is InChI=1S/C20H16NO.C17H12N.Ir/c1-12-4-5-19-15(8-12)16-9-14(3)10-17(20(16)22-19)18-11-13(2)6-7-21-18;1-2-7-14(8-3-1)15-9-6-10-16(13-15)17-11-4-5-12-18-17;/h4-9,11H,1-3H3;1-9,11-13H;/q2*-1;. The van der Waals surface area contributed by atoms with Gasteiger partial charge in [0, 0.05) is 37.9 Å². The van der Waals surface area contributed by atoms with Gasteiger partial charge in [-0.05, 0) is 55.1 Å². The number of benzene rings is 4. The zero-order chi connectivity index (χ0) is 27.5. The minimum atomic E-state index is 0. The van der Waals surface area contributed by atoms with Crippen LogP contribution in [0, 0.1) is 32.9 Å². The van der Waals surface area contributed by atoms with Crippen molar-refractivity contribution < 1.29 is 24.5 Å². The monoisotopic (exact) mass is 709 g/mol. The Kier molecular flexibility index (Phi) is 8.54. The molecule has 0 amide bonds. The Bertz CT molecular complexity index is 1870. The molecule has 0 unspecified atom stereocenters. The molecule has 0 spiro atoms. The maximum Gasteiger partial charge on any atom is 0.120 e. The first-order valence-electron chi connectivity index (χ1n) is 13.3. The molecule has 41 heavy (non-hydrogen) atoms. The van der Waals surface area contributed by atoms with Gasteiger partial charge in [-0.25, -0.2) is 0 Å². The molecule has 3 aromatic heterocycles. The van der Waals surface area contributed by atoms with Gasteiger partial charge in [-0.3, -0.25) is 0 Å². The average molecular weight is 709 g/mol. The van der Waals surface area contributed by atoms with E-state index in [4.69, 9.17) is 4.42 Å². The van der Waals surface area contributed by atoms with E-state index in [0.717, 1.165) is 50.0 Å². The third-order valence-electron chi connectivity index (χ3n) is 6.81. The largest absolute Gasteiger partial charge is 0.501 e. The van der Waals surface area contributed by atoms with Gasteiger partial charge in [0.05, 0.1) is 5.58 Å². The quantitative estimate of drug-likeness (QED) is 0.172. The Balaban J connectivity index is 0.000000164. The molecule has 4 aromatic carbocycles. The van der Waals surface area contributed by atoms with Crippen molar-refractivity contribution in [1.82, 2.24) is 9.97 Å². The second-order valence-corrected chi connectivity index (χ2v) is 9.96. The fourth-order valence-corrected chi connectivity index (χ4v) is 4.87. The van der Waals surface area contributed by atoms with E-state index in [9.17, 15) is 0 Å². The Hall–Kier alpha value is -4.37. The van der Waals surface area contributed by atoms with Crippen LogP contribution in [0.3, 0.4) is 0 Å². The zero-order valence-electron chi connectivity index (χ0n) is 23.1. The predicted molar refractivity (Wildman–Crippen MR) is 164 cm³/mol. The van der Waals surface area contributed by atoms with Crippen LogP contribution in [-0.2, 0) is 20.1 Å². The summed E-state index contributed by atoms with van der Waals surface area (Å²) in [5.74, 6) is 0. The van der Waals surface area contributed by atoms with E-state index in [-0.39, 0.29) is 20.1 Å². The molecule has 0 atom stereocenters. The van der Waals surface area contributed by atoms with Crippen molar-refractivity contribution in [3.8, 4) is 33.6 Å². The molecular formula is C37H28IrN2O-2. The number of hydrogen-bond donors (Lipinski definition) is 0. The molecule has 203 valence electrons. The Morgan fingerprint density at radius 2 is 1.41 bits per heavy atom. The van der Waals surface area contributed by atoms with E-state index in [0.29, 0.717) is 0 Å². The number of furan rings is 1. The molecule has 0 aliphatic carbocycles. The van der Waals surface area contributed by atoms with Crippen LogP contribution >= 0.6 is 0 Å². The average Bonchev–Trinajstić information content (AvgIpc) is 3.35. The van der Waals surface area contributed by atoms with Crippen molar-refractivity contribution in [2.45, 2.75) is 20.8 Å². The maximum atomic E-state index is 6.12. The van der Waals surface area contributed by atoms with Gasteiger partial charge in [-0.2, -0.15) is 0 Å². The van der Waals surface area contributed by atoms with Crippen LogP contribution in [0.1, 0.15) is 16.7 Å². The van der Waals surface area contributed by atoms with E-state index < -0.39 is 0 Å². The number of aryl methyl sites for hydroxylation is 3.